The maximum atomic E-state index is 12.1. The number of hydrogen-bond donors (Lipinski definition) is 1. The van der Waals surface area contributed by atoms with E-state index in [4.69, 9.17) is 10.5 Å². The third-order valence-corrected chi connectivity index (χ3v) is 4.83. The van der Waals surface area contributed by atoms with Crippen LogP contribution in [-0.4, -0.2) is 40.0 Å². The van der Waals surface area contributed by atoms with Crippen LogP contribution in [0, 0.1) is 0 Å². The lowest BCUT2D eigenvalue weighted by molar-refractivity contribution is 0.185. The summed E-state index contributed by atoms with van der Waals surface area (Å²) in [5.41, 5.74) is 6.12. The van der Waals surface area contributed by atoms with Gasteiger partial charge in [-0.25, -0.2) is 8.42 Å². The fourth-order valence-electron chi connectivity index (χ4n) is 1.19. The molecule has 0 amide bonds. The van der Waals surface area contributed by atoms with Gasteiger partial charge in [-0.2, -0.15) is 4.31 Å². The maximum Gasteiger partial charge on any atom is 0.242 e. The van der Waals surface area contributed by atoms with Crippen LogP contribution in [0.4, 0.5) is 5.69 Å². The van der Waals surface area contributed by atoms with E-state index in [1.807, 2.05) is 0 Å². The minimum Gasteiger partial charge on any atom is -0.398 e. The summed E-state index contributed by atoms with van der Waals surface area (Å²) in [7, 11) is -0.442. The van der Waals surface area contributed by atoms with Gasteiger partial charge >= 0.3 is 0 Å². The van der Waals surface area contributed by atoms with Gasteiger partial charge in [-0.15, -0.1) is 0 Å². The molecule has 0 aromatic heterocycles. The average Bonchev–Trinajstić information content (AvgIpc) is 2.29. The molecule has 0 fully saturated rings. The molecule has 0 spiro atoms. The zero-order valence-electron chi connectivity index (χ0n) is 9.68. The van der Waals surface area contributed by atoms with Crippen molar-refractivity contribution in [3.8, 4) is 0 Å². The minimum absolute atomic E-state index is 0.206. The third-order valence-electron chi connectivity index (χ3n) is 2.29. The average molecular weight is 323 g/mol. The lowest BCUT2D eigenvalue weighted by Crippen LogP contribution is -2.30. The Morgan fingerprint density at radius 1 is 1.47 bits per heavy atom. The monoisotopic (exact) mass is 322 g/mol. The van der Waals surface area contributed by atoms with Crippen molar-refractivity contribution in [2.45, 2.75) is 4.90 Å². The number of nitrogens with two attached hydrogens (primary N) is 1. The van der Waals surface area contributed by atoms with E-state index in [2.05, 4.69) is 15.9 Å². The first-order chi connectivity index (χ1) is 7.89. The van der Waals surface area contributed by atoms with Crippen LogP contribution in [0.15, 0.2) is 27.6 Å². The molecule has 0 radical (unpaired) electrons. The Morgan fingerprint density at radius 3 is 2.65 bits per heavy atom. The number of halogens is 1. The zero-order valence-corrected chi connectivity index (χ0v) is 12.1. The molecule has 0 unspecified atom stereocenters. The molecule has 0 aliphatic rings. The number of hydrogen-bond acceptors (Lipinski definition) is 4. The number of methoxy groups -OCH3 is 1. The molecule has 5 nitrogen and oxygen atoms in total. The fraction of sp³-hybridized carbons (Fsp3) is 0.400. The van der Waals surface area contributed by atoms with Gasteiger partial charge in [0.25, 0.3) is 0 Å². The van der Waals surface area contributed by atoms with E-state index in [-0.39, 0.29) is 4.90 Å². The molecule has 0 saturated carbocycles. The van der Waals surface area contributed by atoms with Gasteiger partial charge in [0.1, 0.15) is 0 Å². The van der Waals surface area contributed by atoms with Crippen LogP contribution in [0.2, 0.25) is 0 Å². The van der Waals surface area contributed by atoms with Crippen molar-refractivity contribution in [2.75, 3.05) is 33.0 Å². The van der Waals surface area contributed by atoms with Gasteiger partial charge in [0.15, 0.2) is 0 Å². The molecular formula is C10H15BrN2O3S. The second-order valence-electron chi connectivity index (χ2n) is 3.50. The summed E-state index contributed by atoms with van der Waals surface area (Å²) in [5, 5.41) is 0. The molecule has 7 heteroatoms. The van der Waals surface area contributed by atoms with Crippen molar-refractivity contribution in [1.82, 2.24) is 4.31 Å². The molecule has 1 aromatic rings. The topological polar surface area (TPSA) is 72.6 Å². The van der Waals surface area contributed by atoms with Crippen molar-refractivity contribution >= 4 is 31.6 Å². The van der Waals surface area contributed by atoms with Gasteiger partial charge in [0, 0.05) is 30.9 Å². The quantitative estimate of drug-likeness (QED) is 0.829. The molecule has 0 bridgehead atoms. The maximum absolute atomic E-state index is 12.1. The summed E-state index contributed by atoms with van der Waals surface area (Å²) in [6.45, 7) is 0.659. The normalized spacial score (nSPS) is 12.0. The van der Waals surface area contributed by atoms with Crippen molar-refractivity contribution in [1.29, 1.82) is 0 Å². The van der Waals surface area contributed by atoms with Crippen LogP contribution in [0.5, 0.6) is 0 Å². The first kappa shape index (κ1) is 14.4. The zero-order chi connectivity index (χ0) is 13.1. The van der Waals surface area contributed by atoms with Gasteiger partial charge in [-0.3, -0.25) is 0 Å². The molecule has 96 valence electrons. The van der Waals surface area contributed by atoms with Gasteiger partial charge < -0.3 is 10.5 Å². The molecule has 17 heavy (non-hydrogen) atoms. The molecule has 0 aliphatic heterocycles. The Labute approximate surface area is 110 Å². The Bertz CT molecular complexity index is 490. The number of nitrogens with zero attached hydrogens (tertiary/aromatic N) is 1. The summed E-state index contributed by atoms with van der Waals surface area (Å²) in [6, 6.07) is 4.54. The lowest BCUT2D eigenvalue weighted by Gasteiger charge is -2.17. The van der Waals surface area contributed by atoms with Crippen LogP contribution >= 0.6 is 15.9 Å². The highest BCUT2D eigenvalue weighted by Gasteiger charge is 2.20. The molecule has 0 saturated heterocycles. The van der Waals surface area contributed by atoms with Crippen LogP contribution in [0.1, 0.15) is 0 Å². The van der Waals surface area contributed by atoms with E-state index in [1.165, 1.54) is 30.6 Å². The molecule has 1 aromatic carbocycles. The largest absolute Gasteiger partial charge is 0.398 e. The van der Waals surface area contributed by atoms with Crippen LogP contribution in [0.3, 0.4) is 0 Å². The summed E-state index contributed by atoms with van der Waals surface area (Å²) in [6.07, 6.45) is 0. The summed E-state index contributed by atoms with van der Waals surface area (Å²) >= 11 is 3.21. The minimum atomic E-state index is -3.48. The first-order valence-electron chi connectivity index (χ1n) is 4.90. The van der Waals surface area contributed by atoms with Crippen LogP contribution < -0.4 is 5.73 Å². The second-order valence-corrected chi connectivity index (χ2v) is 6.40. The van der Waals surface area contributed by atoms with E-state index in [9.17, 15) is 8.42 Å². The lowest BCUT2D eigenvalue weighted by atomic mass is 10.3. The summed E-state index contributed by atoms with van der Waals surface area (Å²) in [5.74, 6) is 0. The van der Waals surface area contributed by atoms with Crippen molar-refractivity contribution in [3.05, 3.63) is 22.7 Å². The van der Waals surface area contributed by atoms with E-state index >= 15 is 0 Å². The second kappa shape index (κ2) is 5.81. The predicted molar refractivity (Wildman–Crippen MR) is 70.2 cm³/mol. The van der Waals surface area contributed by atoms with Crippen LogP contribution in [0.25, 0.3) is 0 Å². The molecular weight excluding hydrogens is 308 g/mol. The Kier molecular flexibility index (Phi) is 4.93. The molecule has 0 aliphatic carbocycles. The SMILES string of the molecule is COCCN(C)S(=O)(=O)c1ccc(N)c(Br)c1. The van der Waals surface area contributed by atoms with Gasteiger partial charge in [-0.1, -0.05) is 0 Å². The fourth-order valence-corrected chi connectivity index (χ4v) is 2.90. The smallest absolute Gasteiger partial charge is 0.242 e. The highest BCUT2D eigenvalue weighted by molar-refractivity contribution is 9.10. The highest BCUT2D eigenvalue weighted by Crippen LogP contribution is 2.24. The summed E-state index contributed by atoms with van der Waals surface area (Å²) < 4.78 is 30.9. The van der Waals surface area contributed by atoms with Gasteiger partial charge in [-0.05, 0) is 34.1 Å². The number of anilines is 1. The third kappa shape index (κ3) is 3.41. The molecule has 0 atom stereocenters. The number of ether oxygens (including phenoxy) is 1. The number of benzene rings is 1. The molecule has 1 rings (SSSR count). The highest BCUT2D eigenvalue weighted by atomic mass is 79.9. The first-order valence-corrected chi connectivity index (χ1v) is 7.13. The number of likely N-dealkylation sites (N-methyl/N-ethyl adjacent to an activating group) is 1. The Balaban J connectivity index is 3.00. The number of nitrogen functional groups attached to an aromatic ring is 1. The Hall–Kier alpha value is -0.630. The molecule has 2 N–H and O–H groups in total. The van der Waals surface area contributed by atoms with E-state index in [1.54, 1.807) is 6.07 Å². The number of rotatable bonds is 5. The van der Waals surface area contributed by atoms with E-state index in [0.29, 0.717) is 23.3 Å². The predicted octanol–water partition coefficient (Wildman–Crippen LogP) is 1.30. The van der Waals surface area contributed by atoms with Gasteiger partial charge in [0.05, 0.1) is 11.5 Å². The standard InChI is InChI=1S/C10H15BrN2O3S/c1-13(5-6-16-2)17(14,15)8-3-4-10(12)9(11)7-8/h3-4,7H,5-6,12H2,1-2H3. The van der Waals surface area contributed by atoms with Crippen molar-refractivity contribution in [2.24, 2.45) is 0 Å². The summed E-state index contributed by atoms with van der Waals surface area (Å²) in [4.78, 5) is 0.206. The Morgan fingerprint density at radius 2 is 2.12 bits per heavy atom. The van der Waals surface area contributed by atoms with Crippen molar-refractivity contribution in [3.63, 3.8) is 0 Å². The van der Waals surface area contributed by atoms with Crippen molar-refractivity contribution < 1.29 is 13.2 Å². The van der Waals surface area contributed by atoms with E-state index in [0.717, 1.165) is 0 Å². The van der Waals surface area contributed by atoms with Crippen LogP contribution in [-0.2, 0) is 14.8 Å². The molecule has 0 heterocycles. The van der Waals surface area contributed by atoms with Gasteiger partial charge in [0.2, 0.25) is 10.0 Å². The van der Waals surface area contributed by atoms with E-state index < -0.39 is 10.0 Å². The number of sulfonamides is 1.